The summed E-state index contributed by atoms with van der Waals surface area (Å²) >= 11 is 0. The third kappa shape index (κ3) is 1.60. The van der Waals surface area contributed by atoms with Gasteiger partial charge < -0.3 is 0 Å². The van der Waals surface area contributed by atoms with Gasteiger partial charge in [-0.05, 0) is 18.1 Å². The van der Waals surface area contributed by atoms with Gasteiger partial charge in [-0.15, -0.1) is 0 Å². The molecule has 0 spiro atoms. The molecular formula is C16H10N4O2. The number of benzene rings is 1. The number of ketones is 2. The van der Waals surface area contributed by atoms with E-state index in [1.165, 1.54) is 12.4 Å². The zero-order valence-corrected chi connectivity index (χ0v) is 11.7. The number of fused-ring (bicyclic) bond motifs is 3. The monoisotopic (exact) mass is 290 g/mol. The highest BCUT2D eigenvalue weighted by Crippen LogP contribution is 2.26. The van der Waals surface area contributed by atoms with Gasteiger partial charge in [-0.1, -0.05) is 19.1 Å². The summed E-state index contributed by atoms with van der Waals surface area (Å²) in [5.74, 6) is -0.671. The summed E-state index contributed by atoms with van der Waals surface area (Å²) in [6.07, 6.45) is 3.37. The number of aryl methyl sites for hydroxylation is 1. The van der Waals surface area contributed by atoms with Crippen LogP contribution in [0.15, 0.2) is 30.6 Å². The Morgan fingerprint density at radius 1 is 0.909 bits per heavy atom. The van der Waals surface area contributed by atoms with Crippen molar-refractivity contribution in [2.45, 2.75) is 13.3 Å². The van der Waals surface area contributed by atoms with Crippen molar-refractivity contribution in [2.75, 3.05) is 0 Å². The highest BCUT2D eigenvalue weighted by atomic mass is 16.1. The summed E-state index contributed by atoms with van der Waals surface area (Å²) < 4.78 is 0. The molecule has 6 nitrogen and oxygen atoms in total. The third-order valence-corrected chi connectivity index (χ3v) is 3.81. The fraction of sp³-hybridized carbons (Fsp3) is 0.125. The van der Waals surface area contributed by atoms with Gasteiger partial charge in [-0.3, -0.25) is 9.59 Å². The van der Waals surface area contributed by atoms with E-state index in [0.29, 0.717) is 11.0 Å². The molecular weight excluding hydrogens is 280 g/mol. The minimum atomic E-state index is -0.337. The number of hydrogen-bond acceptors (Lipinski definition) is 6. The Hall–Kier alpha value is -3.02. The number of aromatic nitrogens is 4. The van der Waals surface area contributed by atoms with Crippen LogP contribution in [0.5, 0.6) is 0 Å². The maximum Gasteiger partial charge on any atom is 0.216 e. The zero-order valence-electron chi connectivity index (χ0n) is 11.7. The maximum atomic E-state index is 12.6. The lowest BCUT2D eigenvalue weighted by Gasteiger charge is -2.15. The van der Waals surface area contributed by atoms with E-state index in [2.05, 4.69) is 20.2 Å². The van der Waals surface area contributed by atoms with Crippen LogP contribution in [-0.4, -0.2) is 31.7 Å². The van der Waals surface area contributed by atoms with Gasteiger partial charge in [-0.2, -0.15) is 10.2 Å². The summed E-state index contributed by atoms with van der Waals surface area (Å²) in [6, 6.07) is 5.61. The zero-order chi connectivity index (χ0) is 15.3. The summed E-state index contributed by atoms with van der Waals surface area (Å²) in [5, 5.41) is 7.35. The Morgan fingerprint density at radius 2 is 1.55 bits per heavy atom. The first-order valence-corrected chi connectivity index (χ1v) is 6.90. The maximum absolute atomic E-state index is 12.6. The molecule has 1 aromatic carbocycles. The van der Waals surface area contributed by atoms with Crippen LogP contribution in [0.3, 0.4) is 0 Å². The van der Waals surface area contributed by atoms with Gasteiger partial charge >= 0.3 is 0 Å². The molecule has 4 rings (SSSR count). The predicted octanol–water partition coefficient (Wildman–Crippen LogP) is 1.76. The quantitative estimate of drug-likeness (QED) is 0.531. The summed E-state index contributed by atoms with van der Waals surface area (Å²) in [4.78, 5) is 33.9. The van der Waals surface area contributed by atoms with E-state index in [1.807, 2.05) is 19.1 Å². The predicted molar refractivity (Wildman–Crippen MR) is 77.8 cm³/mol. The van der Waals surface area contributed by atoms with Crippen LogP contribution in [0.2, 0.25) is 0 Å². The molecule has 22 heavy (non-hydrogen) atoms. The van der Waals surface area contributed by atoms with Crippen LogP contribution in [0.1, 0.15) is 44.6 Å². The van der Waals surface area contributed by atoms with Crippen LogP contribution >= 0.6 is 0 Å². The summed E-state index contributed by atoms with van der Waals surface area (Å²) in [7, 11) is 0. The van der Waals surface area contributed by atoms with E-state index < -0.39 is 0 Å². The van der Waals surface area contributed by atoms with Crippen molar-refractivity contribution in [2.24, 2.45) is 0 Å². The number of para-hydroxylation sites is 1. The van der Waals surface area contributed by atoms with Gasteiger partial charge in [0.1, 0.15) is 11.4 Å². The molecule has 0 N–H and O–H groups in total. The summed E-state index contributed by atoms with van der Waals surface area (Å²) in [6.45, 7) is 2.01. The first-order valence-electron chi connectivity index (χ1n) is 6.90. The number of hydrogen-bond donors (Lipinski definition) is 0. The van der Waals surface area contributed by atoms with E-state index in [0.717, 1.165) is 12.0 Å². The van der Waals surface area contributed by atoms with Crippen molar-refractivity contribution in [3.8, 4) is 0 Å². The molecule has 3 aromatic rings. The Kier molecular flexibility index (Phi) is 2.59. The molecule has 1 aliphatic rings. The minimum Gasteiger partial charge on any atom is -0.287 e. The minimum absolute atomic E-state index is 0.0891. The van der Waals surface area contributed by atoms with Crippen molar-refractivity contribution in [3.05, 3.63) is 58.7 Å². The highest BCUT2D eigenvalue weighted by Gasteiger charge is 2.33. The number of rotatable bonds is 1. The van der Waals surface area contributed by atoms with Gasteiger partial charge in [0.2, 0.25) is 11.6 Å². The average Bonchev–Trinajstić information content (AvgIpc) is 2.58. The normalized spacial score (nSPS) is 13.1. The van der Waals surface area contributed by atoms with E-state index in [1.54, 1.807) is 6.07 Å². The molecule has 0 bridgehead atoms. The van der Waals surface area contributed by atoms with Crippen molar-refractivity contribution in [3.63, 3.8) is 0 Å². The fourth-order valence-electron chi connectivity index (χ4n) is 2.68. The Balaban J connectivity index is 2.06. The van der Waals surface area contributed by atoms with Crippen LogP contribution in [0.4, 0.5) is 0 Å². The average molecular weight is 290 g/mol. The molecule has 0 amide bonds. The van der Waals surface area contributed by atoms with Gasteiger partial charge in [-0.25, -0.2) is 9.97 Å². The van der Waals surface area contributed by atoms with Gasteiger partial charge in [0.15, 0.2) is 0 Å². The first-order chi connectivity index (χ1) is 10.7. The smallest absolute Gasteiger partial charge is 0.216 e. The number of carbonyl (C=O) groups excluding carboxylic acids is 2. The van der Waals surface area contributed by atoms with E-state index >= 15 is 0 Å². The fourth-order valence-corrected chi connectivity index (χ4v) is 2.68. The molecule has 0 aliphatic heterocycles. The molecule has 0 saturated heterocycles. The Bertz CT molecular complexity index is 966. The lowest BCUT2D eigenvalue weighted by Crippen LogP contribution is -2.24. The molecule has 0 radical (unpaired) electrons. The molecule has 2 aromatic heterocycles. The van der Waals surface area contributed by atoms with Crippen LogP contribution in [0.25, 0.3) is 11.0 Å². The standard InChI is InChI=1S/C16H10N4O2/c1-2-8-4-3-5-11-12(8)20-14-13(19-11)15(21)9-6-17-18-7-10(9)16(14)22/h3-7H,2H2,1H3. The van der Waals surface area contributed by atoms with Gasteiger partial charge in [0, 0.05) is 0 Å². The first kappa shape index (κ1) is 12.7. The Labute approximate surface area is 125 Å². The number of carbonyl (C=O) groups is 2. The molecule has 6 heteroatoms. The second-order valence-corrected chi connectivity index (χ2v) is 5.03. The summed E-state index contributed by atoms with van der Waals surface area (Å²) in [5.41, 5.74) is 2.92. The largest absolute Gasteiger partial charge is 0.287 e. The second-order valence-electron chi connectivity index (χ2n) is 5.03. The van der Waals surface area contributed by atoms with Crippen molar-refractivity contribution >= 4 is 22.6 Å². The van der Waals surface area contributed by atoms with Crippen LogP contribution in [0, 0.1) is 0 Å². The lowest BCUT2D eigenvalue weighted by molar-refractivity contribution is 0.0971. The topological polar surface area (TPSA) is 85.7 Å². The Morgan fingerprint density at radius 3 is 2.18 bits per heavy atom. The molecule has 0 atom stereocenters. The van der Waals surface area contributed by atoms with Gasteiger partial charge in [0.25, 0.3) is 0 Å². The highest BCUT2D eigenvalue weighted by molar-refractivity contribution is 6.27. The molecule has 0 fully saturated rings. The molecule has 106 valence electrons. The van der Waals surface area contributed by atoms with Crippen LogP contribution in [-0.2, 0) is 6.42 Å². The molecule has 2 heterocycles. The molecule has 0 saturated carbocycles. The van der Waals surface area contributed by atoms with Crippen molar-refractivity contribution in [1.29, 1.82) is 0 Å². The second kappa shape index (κ2) is 4.49. The van der Waals surface area contributed by atoms with E-state index in [-0.39, 0.29) is 34.1 Å². The van der Waals surface area contributed by atoms with E-state index in [4.69, 9.17) is 0 Å². The third-order valence-electron chi connectivity index (χ3n) is 3.81. The van der Waals surface area contributed by atoms with Gasteiger partial charge in [0.05, 0.1) is 34.6 Å². The van der Waals surface area contributed by atoms with Crippen molar-refractivity contribution in [1.82, 2.24) is 20.2 Å². The van der Waals surface area contributed by atoms with Crippen molar-refractivity contribution < 1.29 is 9.59 Å². The molecule has 0 unspecified atom stereocenters. The SMILES string of the molecule is CCc1cccc2nc3c(nc12)C(=O)c1cnncc1C3=O. The van der Waals surface area contributed by atoms with Crippen LogP contribution < -0.4 is 0 Å². The molecule has 1 aliphatic carbocycles. The van der Waals surface area contributed by atoms with E-state index in [9.17, 15) is 9.59 Å². The lowest BCUT2D eigenvalue weighted by atomic mass is 9.92. The number of nitrogens with zero attached hydrogens (tertiary/aromatic N) is 4.